The smallest absolute Gasteiger partial charge is 0.149 e. The van der Waals surface area contributed by atoms with Gasteiger partial charge in [-0.05, 0) is 36.6 Å². The summed E-state index contributed by atoms with van der Waals surface area (Å²) in [6.45, 7) is 1.78. The lowest BCUT2D eigenvalue weighted by atomic mass is 10.0. The van der Waals surface area contributed by atoms with Crippen LogP contribution < -0.4 is 11.3 Å². The molecule has 0 heterocycles. The van der Waals surface area contributed by atoms with E-state index in [4.69, 9.17) is 5.84 Å². The third-order valence-electron chi connectivity index (χ3n) is 2.51. The Bertz CT molecular complexity index is 488. The van der Waals surface area contributed by atoms with Crippen molar-refractivity contribution in [1.82, 2.24) is 5.43 Å². The zero-order chi connectivity index (χ0) is 13.1. The van der Waals surface area contributed by atoms with E-state index in [1.807, 2.05) is 0 Å². The van der Waals surface area contributed by atoms with Gasteiger partial charge in [0, 0.05) is 12.3 Å². The highest BCUT2D eigenvalue weighted by molar-refractivity contribution is 7.90. The van der Waals surface area contributed by atoms with Gasteiger partial charge in [0.05, 0.1) is 5.75 Å². The molecule has 6 heteroatoms. The van der Waals surface area contributed by atoms with Crippen molar-refractivity contribution in [2.45, 2.75) is 19.4 Å². The van der Waals surface area contributed by atoms with Crippen LogP contribution in [0.25, 0.3) is 0 Å². The fourth-order valence-corrected chi connectivity index (χ4v) is 2.63. The molecule has 1 atom stereocenters. The minimum absolute atomic E-state index is 0.0414. The summed E-state index contributed by atoms with van der Waals surface area (Å²) in [4.78, 5) is 0. The predicted octanol–water partition coefficient (Wildman–Crippen LogP) is 0.553. The molecular formula is C11H17FN2O2S. The highest BCUT2D eigenvalue weighted by atomic mass is 32.2. The molecule has 0 radical (unpaired) electrons. The van der Waals surface area contributed by atoms with E-state index in [-0.39, 0.29) is 17.6 Å². The van der Waals surface area contributed by atoms with E-state index in [0.717, 1.165) is 17.4 Å². The molecule has 0 aliphatic heterocycles. The SMILES string of the molecule is Cc1cc(F)ccc1CC(CS(C)(=O)=O)NN. The van der Waals surface area contributed by atoms with E-state index >= 15 is 0 Å². The van der Waals surface area contributed by atoms with E-state index in [9.17, 15) is 12.8 Å². The number of rotatable bonds is 5. The molecule has 1 rings (SSSR count). The second-order valence-corrected chi connectivity index (χ2v) is 6.42. The van der Waals surface area contributed by atoms with Crippen molar-refractivity contribution in [3.63, 3.8) is 0 Å². The molecule has 0 aliphatic carbocycles. The van der Waals surface area contributed by atoms with Gasteiger partial charge >= 0.3 is 0 Å². The molecular weight excluding hydrogens is 243 g/mol. The fourth-order valence-electron chi connectivity index (χ4n) is 1.69. The Hall–Kier alpha value is -0.980. The Morgan fingerprint density at radius 3 is 2.59 bits per heavy atom. The van der Waals surface area contributed by atoms with Gasteiger partial charge in [0.2, 0.25) is 0 Å². The summed E-state index contributed by atoms with van der Waals surface area (Å²) in [5.74, 6) is 4.98. The first-order valence-corrected chi connectivity index (χ1v) is 7.27. The molecule has 1 unspecified atom stereocenters. The van der Waals surface area contributed by atoms with Crippen LogP contribution in [0.3, 0.4) is 0 Å². The summed E-state index contributed by atoms with van der Waals surface area (Å²) in [6, 6.07) is 4.06. The number of benzene rings is 1. The minimum atomic E-state index is -3.09. The molecule has 0 aromatic heterocycles. The Kier molecular flexibility index (Phi) is 4.62. The maximum Gasteiger partial charge on any atom is 0.149 e. The number of sulfone groups is 1. The Morgan fingerprint density at radius 2 is 2.12 bits per heavy atom. The van der Waals surface area contributed by atoms with Crippen molar-refractivity contribution in [3.8, 4) is 0 Å². The first-order chi connectivity index (χ1) is 7.81. The van der Waals surface area contributed by atoms with Crippen LogP contribution in [0.2, 0.25) is 0 Å². The average Bonchev–Trinajstić information content (AvgIpc) is 2.19. The van der Waals surface area contributed by atoms with Gasteiger partial charge in [0.25, 0.3) is 0 Å². The van der Waals surface area contributed by atoms with Crippen LogP contribution in [0.1, 0.15) is 11.1 Å². The summed E-state index contributed by atoms with van der Waals surface area (Å²) in [5.41, 5.74) is 4.15. The number of hydrazine groups is 1. The maximum atomic E-state index is 12.9. The molecule has 17 heavy (non-hydrogen) atoms. The standard InChI is InChI=1S/C11H17FN2O2S/c1-8-5-10(12)4-3-9(8)6-11(14-13)7-17(2,15)16/h3-5,11,14H,6-7,13H2,1-2H3. The van der Waals surface area contributed by atoms with E-state index < -0.39 is 9.84 Å². The van der Waals surface area contributed by atoms with Gasteiger partial charge in [-0.15, -0.1) is 0 Å². The quantitative estimate of drug-likeness (QED) is 0.599. The fraction of sp³-hybridized carbons (Fsp3) is 0.455. The molecule has 4 nitrogen and oxygen atoms in total. The van der Waals surface area contributed by atoms with Crippen LogP contribution in [0, 0.1) is 12.7 Å². The lowest BCUT2D eigenvalue weighted by Crippen LogP contribution is -2.41. The van der Waals surface area contributed by atoms with Gasteiger partial charge < -0.3 is 0 Å². The molecule has 0 aliphatic rings. The molecule has 1 aromatic rings. The van der Waals surface area contributed by atoms with Crippen LogP contribution in [-0.2, 0) is 16.3 Å². The molecule has 96 valence electrons. The summed E-state index contributed by atoms with van der Waals surface area (Å²) in [6.07, 6.45) is 1.62. The van der Waals surface area contributed by atoms with E-state index in [2.05, 4.69) is 5.43 Å². The van der Waals surface area contributed by atoms with Crippen LogP contribution in [0.5, 0.6) is 0 Å². The van der Waals surface area contributed by atoms with Crippen LogP contribution in [0.4, 0.5) is 4.39 Å². The normalized spacial score (nSPS) is 13.6. The molecule has 0 saturated heterocycles. The zero-order valence-corrected chi connectivity index (χ0v) is 10.7. The van der Waals surface area contributed by atoms with Gasteiger partial charge in [0.15, 0.2) is 0 Å². The molecule has 1 aromatic carbocycles. The van der Waals surface area contributed by atoms with Gasteiger partial charge in [0.1, 0.15) is 15.7 Å². The van der Waals surface area contributed by atoms with E-state index in [0.29, 0.717) is 6.42 Å². The Labute approximate surface area is 101 Å². The van der Waals surface area contributed by atoms with Crippen molar-refractivity contribution in [2.75, 3.05) is 12.0 Å². The Morgan fingerprint density at radius 1 is 1.47 bits per heavy atom. The summed E-state index contributed by atoms with van der Waals surface area (Å²) >= 11 is 0. The summed E-state index contributed by atoms with van der Waals surface area (Å²) < 4.78 is 35.3. The van der Waals surface area contributed by atoms with Crippen LogP contribution in [0.15, 0.2) is 18.2 Å². The predicted molar refractivity (Wildman–Crippen MR) is 65.7 cm³/mol. The Balaban J connectivity index is 2.81. The third kappa shape index (κ3) is 4.80. The largest absolute Gasteiger partial charge is 0.271 e. The number of hydrogen-bond acceptors (Lipinski definition) is 4. The van der Waals surface area contributed by atoms with Crippen molar-refractivity contribution in [3.05, 3.63) is 35.1 Å². The molecule has 3 N–H and O–H groups in total. The van der Waals surface area contributed by atoms with Crippen molar-refractivity contribution in [2.24, 2.45) is 5.84 Å². The van der Waals surface area contributed by atoms with Crippen LogP contribution in [-0.4, -0.2) is 26.5 Å². The van der Waals surface area contributed by atoms with Crippen molar-refractivity contribution < 1.29 is 12.8 Å². The van der Waals surface area contributed by atoms with Gasteiger partial charge in [-0.2, -0.15) is 0 Å². The molecule has 0 saturated carbocycles. The number of nitrogens with two attached hydrogens (primary N) is 1. The van der Waals surface area contributed by atoms with Crippen molar-refractivity contribution >= 4 is 9.84 Å². The second-order valence-electron chi connectivity index (χ2n) is 4.23. The highest BCUT2D eigenvalue weighted by Crippen LogP contribution is 2.12. The first kappa shape index (κ1) is 14.1. The molecule has 0 amide bonds. The van der Waals surface area contributed by atoms with Gasteiger partial charge in [-0.25, -0.2) is 12.8 Å². The zero-order valence-electron chi connectivity index (χ0n) is 9.90. The molecule has 0 spiro atoms. The minimum Gasteiger partial charge on any atom is -0.271 e. The number of aryl methyl sites for hydroxylation is 1. The summed E-state index contributed by atoms with van der Waals surface area (Å²) in [7, 11) is -3.09. The highest BCUT2D eigenvalue weighted by Gasteiger charge is 2.15. The maximum absolute atomic E-state index is 12.9. The number of hydrogen-bond donors (Lipinski definition) is 2. The van der Waals surface area contributed by atoms with Crippen LogP contribution >= 0.6 is 0 Å². The number of halogens is 1. The second kappa shape index (κ2) is 5.57. The lowest BCUT2D eigenvalue weighted by Gasteiger charge is -2.16. The molecule has 0 bridgehead atoms. The summed E-state index contributed by atoms with van der Waals surface area (Å²) in [5, 5.41) is 0. The first-order valence-electron chi connectivity index (χ1n) is 5.20. The topological polar surface area (TPSA) is 72.2 Å². The van der Waals surface area contributed by atoms with E-state index in [1.54, 1.807) is 13.0 Å². The van der Waals surface area contributed by atoms with Gasteiger partial charge in [-0.3, -0.25) is 11.3 Å². The van der Waals surface area contributed by atoms with Gasteiger partial charge in [-0.1, -0.05) is 6.07 Å². The average molecular weight is 260 g/mol. The van der Waals surface area contributed by atoms with E-state index in [1.165, 1.54) is 12.1 Å². The third-order valence-corrected chi connectivity index (χ3v) is 3.52. The monoisotopic (exact) mass is 260 g/mol. The van der Waals surface area contributed by atoms with Crippen molar-refractivity contribution in [1.29, 1.82) is 0 Å². The number of nitrogens with one attached hydrogen (secondary N) is 1. The molecule has 0 fully saturated rings. The lowest BCUT2D eigenvalue weighted by molar-refractivity contribution is 0.544.